The molecule has 0 bridgehead atoms. The van der Waals surface area contributed by atoms with Crippen LogP contribution in [0.4, 0.5) is 0 Å². The van der Waals surface area contributed by atoms with Gasteiger partial charge in [0, 0.05) is 17.5 Å². The van der Waals surface area contributed by atoms with E-state index < -0.39 is 5.97 Å². The van der Waals surface area contributed by atoms with Gasteiger partial charge in [0.2, 0.25) is 11.5 Å². The Labute approximate surface area is 274 Å². The van der Waals surface area contributed by atoms with Crippen molar-refractivity contribution in [3.8, 4) is 34.5 Å². The Morgan fingerprint density at radius 2 is 1.02 bits per heavy atom. The van der Waals surface area contributed by atoms with Gasteiger partial charge < -0.3 is 34.3 Å². The predicted octanol–water partition coefficient (Wildman–Crippen LogP) is 8.47. The van der Waals surface area contributed by atoms with Crippen LogP contribution in [0.2, 0.25) is 0 Å². The van der Waals surface area contributed by atoms with Crippen LogP contribution in [0.15, 0.2) is 58.8 Å². The van der Waals surface area contributed by atoms with Crippen LogP contribution in [-0.2, 0) is 4.79 Å². The molecule has 0 heterocycles. The van der Waals surface area contributed by atoms with Crippen molar-refractivity contribution >= 4 is 18.4 Å². The lowest BCUT2D eigenvalue weighted by atomic mass is 10.1. The Balaban J connectivity index is 0.000000479. The van der Waals surface area contributed by atoms with Crippen molar-refractivity contribution in [2.45, 2.75) is 84.0 Å². The minimum Gasteiger partial charge on any atom is -0.502 e. The minimum absolute atomic E-state index is 0.0843. The molecule has 0 unspecified atom stereocenters. The maximum atomic E-state index is 10.3. The second kappa shape index (κ2) is 24.8. The first-order valence-corrected chi connectivity index (χ1v) is 15.8. The van der Waals surface area contributed by atoms with E-state index in [2.05, 4.69) is 41.4 Å². The van der Waals surface area contributed by atoms with E-state index in [0.29, 0.717) is 17.5 Å². The summed E-state index contributed by atoms with van der Waals surface area (Å²) in [6.07, 6.45) is 25.2. The molecule has 0 aliphatic carbocycles. The number of methoxy groups -OCH3 is 4. The molecule has 0 aliphatic rings. The SMILES string of the molecule is CCCCC/C=C\C/C=C\CCCCCCCC(=O)O.COc1cc(/C=N/N=C/c2cc(OC)c(O)c(OC)c2)cc(OC)c1O. The number of carbonyl (C=O) groups is 1. The number of rotatable bonds is 21. The van der Waals surface area contributed by atoms with E-state index >= 15 is 0 Å². The first-order valence-electron chi connectivity index (χ1n) is 15.8. The molecule has 2 aromatic carbocycles. The molecule has 2 rings (SSSR count). The molecule has 0 saturated heterocycles. The highest BCUT2D eigenvalue weighted by Crippen LogP contribution is 2.37. The Morgan fingerprint density at radius 1 is 0.630 bits per heavy atom. The zero-order valence-electron chi connectivity index (χ0n) is 28.0. The first kappa shape index (κ1) is 39.6. The largest absolute Gasteiger partial charge is 0.502 e. The van der Waals surface area contributed by atoms with Gasteiger partial charge in [0.15, 0.2) is 23.0 Å². The van der Waals surface area contributed by atoms with Crippen molar-refractivity contribution in [2.75, 3.05) is 28.4 Å². The first-order chi connectivity index (χ1) is 22.3. The number of aliphatic carboxylic acids is 1. The molecule has 254 valence electrons. The highest BCUT2D eigenvalue weighted by molar-refractivity contribution is 5.85. The van der Waals surface area contributed by atoms with Crippen LogP contribution in [0.1, 0.15) is 95.1 Å². The average molecular weight is 641 g/mol. The maximum Gasteiger partial charge on any atom is 0.303 e. The number of ether oxygens (including phenoxy) is 4. The molecule has 46 heavy (non-hydrogen) atoms. The zero-order valence-corrected chi connectivity index (χ0v) is 28.0. The van der Waals surface area contributed by atoms with E-state index in [9.17, 15) is 15.0 Å². The van der Waals surface area contributed by atoms with Gasteiger partial charge in [-0.2, -0.15) is 10.2 Å². The topological polar surface area (TPSA) is 139 Å². The number of benzene rings is 2. The lowest BCUT2D eigenvalue weighted by Gasteiger charge is -2.09. The fraction of sp³-hybridized carbons (Fsp3) is 0.472. The van der Waals surface area contributed by atoms with E-state index in [4.69, 9.17) is 24.1 Å². The Kier molecular flexibility index (Phi) is 21.3. The van der Waals surface area contributed by atoms with Crippen molar-refractivity contribution in [2.24, 2.45) is 10.2 Å². The number of hydrogen-bond acceptors (Lipinski definition) is 9. The number of carboxylic acid groups (broad SMARTS) is 1. The van der Waals surface area contributed by atoms with Gasteiger partial charge in [-0.05, 0) is 62.8 Å². The van der Waals surface area contributed by atoms with Crippen LogP contribution in [-0.4, -0.2) is 62.2 Å². The van der Waals surface area contributed by atoms with E-state index in [0.717, 1.165) is 25.7 Å². The number of phenols is 2. The fourth-order valence-electron chi connectivity index (χ4n) is 4.26. The van der Waals surface area contributed by atoms with Gasteiger partial charge in [0.1, 0.15) is 0 Å². The Hall–Kier alpha value is -4.47. The third kappa shape index (κ3) is 16.6. The minimum atomic E-state index is -0.671. The third-order valence-electron chi connectivity index (χ3n) is 6.83. The summed E-state index contributed by atoms with van der Waals surface area (Å²) in [6, 6.07) is 6.40. The lowest BCUT2D eigenvalue weighted by molar-refractivity contribution is -0.137. The molecule has 0 atom stereocenters. The molecule has 0 saturated carbocycles. The van der Waals surface area contributed by atoms with Crippen LogP contribution in [0.3, 0.4) is 0 Å². The number of allylic oxidation sites excluding steroid dienone is 4. The molecule has 2 aromatic rings. The summed E-state index contributed by atoms with van der Waals surface area (Å²) in [5.74, 6) is 0.227. The molecule has 10 heteroatoms. The van der Waals surface area contributed by atoms with Crippen LogP contribution >= 0.6 is 0 Å². The second-order valence-electron chi connectivity index (χ2n) is 10.4. The van der Waals surface area contributed by atoms with Gasteiger partial charge in [0.05, 0.1) is 40.9 Å². The summed E-state index contributed by atoms with van der Waals surface area (Å²) in [4.78, 5) is 10.3. The number of nitrogens with zero attached hydrogens (tertiary/aromatic N) is 2. The molecule has 0 aromatic heterocycles. The highest BCUT2D eigenvalue weighted by atomic mass is 16.5. The average Bonchev–Trinajstić information content (AvgIpc) is 3.06. The number of hydrogen-bond donors (Lipinski definition) is 3. The summed E-state index contributed by atoms with van der Waals surface area (Å²) in [6.45, 7) is 2.23. The van der Waals surface area contributed by atoms with Crippen molar-refractivity contribution < 1.29 is 39.1 Å². The molecule has 0 fully saturated rings. The zero-order chi connectivity index (χ0) is 34.0. The molecule has 10 nitrogen and oxygen atoms in total. The van der Waals surface area contributed by atoms with E-state index in [1.165, 1.54) is 85.8 Å². The standard InChI is InChI=1S/C18H20N2O6.C18H32O2/c1-23-13-5-11(6-14(24-2)17(13)21)9-19-20-10-12-7-15(25-3)18(22)16(8-12)26-4;1-2-3-4-5-6-7-8-9-10-11-12-13-14-15-16-17-18(19)20/h5-10,21-22H,1-4H3;6-7,9-10H,2-5,8,11-17H2,1H3,(H,19,20)/b19-9+,20-10+;7-6-,10-9-. The lowest BCUT2D eigenvalue weighted by Crippen LogP contribution is -1.93. The van der Waals surface area contributed by atoms with E-state index in [1.54, 1.807) is 24.3 Å². The highest BCUT2D eigenvalue weighted by Gasteiger charge is 2.11. The molecule has 3 N–H and O–H groups in total. The summed E-state index contributed by atoms with van der Waals surface area (Å²) in [5.41, 5.74) is 1.27. The fourth-order valence-corrected chi connectivity index (χ4v) is 4.26. The number of aromatic hydroxyl groups is 2. The summed E-state index contributed by atoms with van der Waals surface area (Å²) < 4.78 is 20.3. The molecular weight excluding hydrogens is 588 g/mol. The van der Waals surface area contributed by atoms with E-state index in [-0.39, 0.29) is 34.5 Å². The summed E-state index contributed by atoms with van der Waals surface area (Å²) in [7, 11) is 5.77. The van der Waals surface area contributed by atoms with Crippen molar-refractivity contribution in [3.63, 3.8) is 0 Å². The van der Waals surface area contributed by atoms with Gasteiger partial charge in [-0.25, -0.2) is 0 Å². The van der Waals surface area contributed by atoms with Crippen molar-refractivity contribution in [1.82, 2.24) is 0 Å². The second-order valence-corrected chi connectivity index (χ2v) is 10.4. The molecule has 0 radical (unpaired) electrons. The molecule has 0 amide bonds. The van der Waals surface area contributed by atoms with Crippen molar-refractivity contribution in [3.05, 3.63) is 59.7 Å². The quantitative estimate of drug-likeness (QED) is 0.0534. The maximum absolute atomic E-state index is 10.3. The molecule has 0 spiro atoms. The third-order valence-corrected chi connectivity index (χ3v) is 6.83. The number of carboxylic acids is 1. The van der Waals surface area contributed by atoms with Crippen LogP contribution in [0, 0.1) is 0 Å². The van der Waals surface area contributed by atoms with Gasteiger partial charge >= 0.3 is 5.97 Å². The molecular formula is C36H52N2O8. The van der Waals surface area contributed by atoms with Gasteiger partial charge in [-0.1, -0.05) is 63.3 Å². The summed E-state index contributed by atoms with van der Waals surface area (Å²) >= 11 is 0. The van der Waals surface area contributed by atoms with Crippen LogP contribution in [0.25, 0.3) is 0 Å². The summed E-state index contributed by atoms with van der Waals surface area (Å²) in [5, 5.41) is 36.2. The van der Waals surface area contributed by atoms with Crippen LogP contribution in [0.5, 0.6) is 34.5 Å². The Morgan fingerprint density at radius 3 is 1.41 bits per heavy atom. The predicted molar refractivity (Wildman–Crippen MR) is 185 cm³/mol. The molecule has 0 aliphatic heterocycles. The van der Waals surface area contributed by atoms with Crippen molar-refractivity contribution in [1.29, 1.82) is 0 Å². The number of unbranched alkanes of at least 4 members (excludes halogenated alkanes) is 8. The van der Waals surface area contributed by atoms with Gasteiger partial charge in [-0.3, -0.25) is 4.79 Å². The number of phenolic OH excluding ortho intramolecular Hbond substituents is 2. The normalized spacial score (nSPS) is 11.3. The van der Waals surface area contributed by atoms with Crippen LogP contribution < -0.4 is 18.9 Å². The van der Waals surface area contributed by atoms with E-state index in [1.807, 2.05) is 0 Å². The smallest absolute Gasteiger partial charge is 0.303 e. The Bertz CT molecular complexity index is 1150. The van der Waals surface area contributed by atoms with Gasteiger partial charge in [0.25, 0.3) is 0 Å². The monoisotopic (exact) mass is 640 g/mol. The van der Waals surface area contributed by atoms with Gasteiger partial charge in [-0.15, -0.1) is 0 Å².